The van der Waals surface area contributed by atoms with Crippen LogP contribution in [-0.2, 0) is 0 Å². The smallest absolute Gasteiger partial charge is 0.407 e. The van der Waals surface area contributed by atoms with Crippen LogP contribution in [0.15, 0.2) is 0 Å². The summed E-state index contributed by atoms with van der Waals surface area (Å²) in [7, 11) is 0. The second-order valence-corrected chi connectivity index (χ2v) is 9.69. The van der Waals surface area contributed by atoms with E-state index < -0.39 is 6.09 Å². The zero-order chi connectivity index (χ0) is 22.0. The van der Waals surface area contributed by atoms with Gasteiger partial charge in [0.05, 0.1) is 0 Å². The Kier molecular flexibility index (Phi) is 17.6. The molecule has 0 saturated carbocycles. The molecule has 29 heavy (non-hydrogen) atoms. The minimum Gasteiger partial charge on any atom is -0.465 e. The van der Waals surface area contributed by atoms with Gasteiger partial charge in [0.1, 0.15) is 0 Å². The van der Waals surface area contributed by atoms with Crippen LogP contribution in [0.1, 0.15) is 125 Å². The Morgan fingerprint density at radius 1 is 0.621 bits per heavy atom. The van der Waals surface area contributed by atoms with Crippen molar-refractivity contribution < 1.29 is 9.90 Å². The molecule has 0 aromatic carbocycles. The summed E-state index contributed by atoms with van der Waals surface area (Å²) in [6.45, 7) is 14.2. The van der Waals surface area contributed by atoms with E-state index in [1.807, 2.05) is 20.8 Å². The van der Waals surface area contributed by atoms with Crippen molar-refractivity contribution in [2.45, 2.75) is 130 Å². The number of hydrogen-bond donors (Lipinski definition) is 1. The highest BCUT2D eigenvalue weighted by Gasteiger charge is 2.26. The molecule has 0 aromatic heterocycles. The Morgan fingerprint density at radius 2 is 1.00 bits per heavy atom. The zero-order valence-electron chi connectivity index (χ0n) is 20.5. The van der Waals surface area contributed by atoms with E-state index in [2.05, 4.69) is 18.7 Å². The third kappa shape index (κ3) is 16.7. The normalized spacial score (nSPS) is 11.9. The third-order valence-corrected chi connectivity index (χ3v) is 5.84. The zero-order valence-corrected chi connectivity index (χ0v) is 20.5. The van der Waals surface area contributed by atoms with Gasteiger partial charge >= 0.3 is 6.09 Å². The van der Waals surface area contributed by atoms with Gasteiger partial charge in [-0.2, -0.15) is 0 Å². The quantitative estimate of drug-likeness (QED) is 0.222. The molecule has 174 valence electrons. The maximum Gasteiger partial charge on any atom is 0.407 e. The predicted molar refractivity (Wildman–Crippen MR) is 127 cm³/mol. The molecule has 0 radical (unpaired) electrons. The molecule has 0 rings (SSSR count). The minimum atomic E-state index is -0.802. The molecule has 1 N–H and O–H groups in total. The van der Waals surface area contributed by atoms with Gasteiger partial charge < -0.3 is 14.9 Å². The van der Waals surface area contributed by atoms with E-state index in [-0.39, 0.29) is 5.54 Å². The van der Waals surface area contributed by atoms with Crippen molar-refractivity contribution in [3.8, 4) is 0 Å². The number of carboxylic acid groups (broad SMARTS) is 1. The molecule has 0 aromatic rings. The summed E-state index contributed by atoms with van der Waals surface area (Å²) in [6.07, 6.45) is 17.8. The van der Waals surface area contributed by atoms with Crippen LogP contribution in [0.2, 0.25) is 0 Å². The maximum atomic E-state index is 11.6. The molecule has 0 aliphatic rings. The number of nitrogens with zero attached hydrogens (tertiary/aromatic N) is 2. The first-order chi connectivity index (χ1) is 13.8. The van der Waals surface area contributed by atoms with E-state index in [1.165, 1.54) is 89.9 Å². The van der Waals surface area contributed by atoms with Gasteiger partial charge in [-0.25, -0.2) is 4.79 Å². The molecule has 0 atom stereocenters. The molecule has 0 aliphatic carbocycles. The molecule has 1 amide bonds. The Balaban J connectivity index is 4.30. The van der Waals surface area contributed by atoms with E-state index in [4.69, 9.17) is 0 Å². The number of carbonyl (C=O) groups is 1. The standard InChI is InChI=1S/C25H52N2O2/c1-6-8-10-12-14-16-18-20-26(21-19-17-15-13-11-9-7-2)22-23-27(24(28)29)25(3,4)5/h6-23H2,1-5H3,(H,28,29). The molecule has 0 fully saturated rings. The highest BCUT2D eigenvalue weighted by Crippen LogP contribution is 2.14. The van der Waals surface area contributed by atoms with Gasteiger partial charge in [-0.05, 0) is 46.7 Å². The molecule has 4 nitrogen and oxygen atoms in total. The lowest BCUT2D eigenvalue weighted by Crippen LogP contribution is -2.48. The summed E-state index contributed by atoms with van der Waals surface area (Å²) in [5, 5.41) is 9.56. The summed E-state index contributed by atoms with van der Waals surface area (Å²) >= 11 is 0. The topological polar surface area (TPSA) is 43.8 Å². The number of amides is 1. The van der Waals surface area contributed by atoms with Crippen LogP contribution in [0.5, 0.6) is 0 Å². The van der Waals surface area contributed by atoms with Gasteiger partial charge in [0.15, 0.2) is 0 Å². The van der Waals surface area contributed by atoms with E-state index in [1.54, 1.807) is 4.90 Å². The fourth-order valence-electron chi connectivity index (χ4n) is 3.88. The summed E-state index contributed by atoms with van der Waals surface area (Å²) in [4.78, 5) is 15.7. The number of rotatable bonds is 19. The van der Waals surface area contributed by atoms with E-state index in [0.29, 0.717) is 6.54 Å². The van der Waals surface area contributed by atoms with Gasteiger partial charge in [-0.1, -0.05) is 90.9 Å². The first-order valence-electron chi connectivity index (χ1n) is 12.6. The van der Waals surface area contributed by atoms with Crippen molar-refractivity contribution in [1.29, 1.82) is 0 Å². The van der Waals surface area contributed by atoms with Crippen molar-refractivity contribution in [3.63, 3.8) is 0 Å². The van der Waals surface area contributed by atoms with Crippen molar-refractivity contribution >= 4 is 6.09 Å². The van der Waals surface area contributed by atoms with Crippen molar-refractivity contribution in [3.05, 3.63) is 0 Å². The van der Waals surface area contributed by atoms with Crippen molar-refractivity contribution in [1.82, 2.24) is 9.80 Å². The third-order valence-electron chi connectivity index (χ3n) is 5.84. The largest absolute Gasteiger partial charge is 0.465 e. The fourth-order valence-corrected chi connectivity index (χ4v) is 3.88. The highest BCUT2D eigenvalue weighted by molar-refractivity contribution is 5.65. The lowest BCUT2D eigenvalue weighted by molar-refractivity contribution is 0.0903. The van der Waals surface area contributed by atoms with Crippen LogP contribution in [0.25, 0.3) is 0 Å². The highest BCUT2D eigenvalue weighted by atomic mass is 16.4. The predicted octanol–water partition coefficient (Wildman–Crippen LogP) is 7.57. The van der Waals surface area contributed by atoms with E-state index >= 15 is 0 Å². The Labute approximate surface area is 182 Å². The average Bonchev–Trinajstić information content (AvgIpc) is 2.64. The molecule has 0 aliphatic heterocycles. The Morgan fingerprint density at radius 3 is 1.34 bits per heavy atom. The molecule has 0 spiro atoms. The first-order valence-corrected chi connectivity index (χ1v) is 12.6. The summed E-state index contributed by atoms with van der Waals surface area (Å²) < 4.78 is 0. The monoisotopic (exact) mass is 412 g/mol. The number of unbranched alkanes of at least 4 members (excludes halogenated alkanes) is 12. The first kappa shape index (κ1) is 28.2. The van der Waals surface area contributed by atoms with Gasteiger partial charge in [-0.15, -0.1) is 0 Å². The summed E-state index contributed by atoms with van der Waals surface area (Å²) in [5.41, 5.74) is -0.337. The fraction of sp³-hybridized carbons (Fsp3) is 0.960. The lowest BCUT2D eigenvalue weighted by atomic mass is 10.1. The second kappa shape index (κ2) is 18.0. The molecule has 0 bridgehead atoms. The van der Waals surface area contributed by atoms with Crippen LogP contribution in [0.4, 0.5) is 4.79 Å². The minimum absolute atomic E-state index is 0.337. The van der Waals surface area contributed by atoms with Crippen LogP contribution >= 0.6 is 0 Å². The maximum absolute atomic E-state index is 11.6. The van der Waals surface area contributed by atoms with Crippen molar-refractivity contribution in [2.24, 2.45) is 0 Å². The summed E-state index contributed by atoms with van der Waals surface area (Å²) in [5.74, 6) is 0. The molecular weight excluding hydrogens is 360 g/mol. The molecule has 0 saturated heterocycles. The van der Waals surface area contributed by atoms with Gasteiger partial charge in [-0.3, -0.25) is 0 Å². The van der Waals surface area contributed by atoms with Crippen LogP contribution in [0.3, 0.4) is 0 Å². The summed E-state index contributed by atoms with van der Waals surface area (Å²) in [6, 6.07) is 0. The van der Waals surface area contributed by atoms with Crippen LogP contribution < -0.4 is 0 Å². The van der Waals surface area contributed by atoms with E-state index in [0.717, 1.165) is 19.6 Å². The number of hydrogen-bond acceptors (Lipinski definition) is 2. The average molecular weight is 413 g/mol. The Bertz CT molecular complexity index is 362. The second-order valence-electron chi connectivity index (χ2n) is 9.69. The van der Waals surface area contributed by atoms with Crippen molar-refractivity contribution in [2.75, 3.05) is 26.2 Å². The molecule has 4 heteroatoms. The van der Waals surface area contributed by atoms with Gasteiger partial charge in [0.2, 0.25) is 0 Å². The van der Waals surface area contributed by atoms with Crippen LogP contribution in [0, 0.1) is 0 Å². The lowest BCUT2D eigenvalue weighted by Gasteiger charge is -2.35. The molecular formula is C25H52N2O2. The molecule has 0 unspecified atom stereocenters. The Hall–Kier alpha value is -0.770. The molecule has 0 heterocycles. The van der Waals surface area contributed by atoms with E-state index in [9.17, 15) is 9.90 Å². The van der Waals surface area contributed by atoms with Gasteiger partial charge in [0, 0.05) is 18.6 Å². The SMILES string of the molecule is CCCCCCCCCN(CCCCCCCCC)CCN(C(=O)O)C(C)(C)C. The van der Waals surface area contributed by atoms with Gasteiger partial charge in [0.25, 0.3) is 0 Å². The van der Waals surface area contributed by atoms with Crippen LogP contribution in [-0.4, -0.2) is 52.7 Å².